The maximum atomic E-state index is 10.7. The fourth-order valence-electron chi connectivity index (χ4n) is 1.67. The summed E-state index contributed by atoms with van der Waals surface area (Å²) in [5.74, 6) is 0.575. The van der Waals surface area contributed by atoms with Crippen LogP contribution in [-0.4, -0.2) is 9.91 Å². The van der Waals surface area contributed by atoms with Gasteiger partial charge < -0.3 is 5.32 Å². The molecule has 0 saturated carbocycles. The zero-order valence-corrected chi connectivity index (χ0v) is 13.7. The van der Waals surface area contributed by atoms with Crippen LogP contribution in [0.2, 0.25) is 0 Å². The van der Waals surface area contributed by atoms with Gasteiger partial charge in [-0.25, -0.2) is 4.98 Å². The second-order valence-electron chi connectivity index (χ2n) is 4.20. The maximum absolute atomic E-state index is 10.7. The quantitative estimate of drug-likeness (QED) is 0.597. The van der Waals surface area contributed by atoms with Gasteiger partial charge in [0.1, 0.15) is 12.0 Å². The van der Waals surface area contributed by atoms with Crippen molar-refractivity contribution in [2.45, 2.75) is 13.0 Å². The van der Waals surface area contributed by atoms with Crippen LogP contribution in [0.1, 0.15) is 18.5 Å². The highest BCUT2D eigenvalue weighted by atomic mass is 79.9. The molecule has 1 atom stereocenters. The summed E-state index contributed by atoms with van der Waals surface area (Å²) in [5, 5.41) is 13.9. The summed E-state index contributed by atoms with van der Waals surface area (Å²) in [6.45, 7) is 2.00. The van der Waals surface area contributed by atoms with E-state index < -0.39 is 4.92 Å². The Morgan fingerprint density at radius 2 is 1.95 bits per heavy atom. The van der Waals surface area contributed by atoms with E-state index in [2.05, 4.69) is 42.2 Å². The maximum Gasteiger partial charge on any atom is 0.288 e. The van der Waals surface area contributed by atoms with Crippen LogP contribution in [0.3, 0.4) is 0 Å². The van der Waals surface area contributed by atoms with Crippen LogP contribution in [-0.2, 0) is 0 Å². The first-order chi connectivity index (χ1) is 9.47. The average Bonchev–Trinajstić information content (AvgIpc) is 2.41. The number of benzene rings is 1. The van der Waals surface area contributed by atoms with Crippen LogP contribution in [0, 0.1) is 10.1 Å². The number of anilines is 1. The van der Waals surface area contributed by atoms with Gasteiger partial charge in [-0.1, -0.05) is 28.1 Å². The molecule has 1 heterocycles. The molecular formula is C13H11Br2N3O2. The van der Waals surface area contributed by atoms with Gasteiger partial charge >= 0.3 is 0 Å². The lowest BCUT2D eigenvalue weighted by molar-refractivity contribution is -0.385. The summed E-state index contributed by atoms with van der Waals surface area (Å²) in [6, 6.07) is 9.40. The molecule has 0 aliphatic carbocycles. The van der Waals surface area contributed by atoms with Crippen molar-refractivity contribution in [3.8, 4) is 0 Å². The molecule has 1 aromatic carbocycles. The van der Waals surface area contributed by atoms with Crippen molar-refractivity contribution < 1.29 is 4.92 Å². The van der Waals surface area contributed by atoms with Gasteiger partial charge in [0.2, 0.25) is 0 Å². The van der Waals surface area contributed by atoms with Gasteiger partial charge in [0.05, 0.1) is 9.40 Å². The van der Waals surface area contributed by atoms with Crippen LogP contribution in [0.15, 0.2) is 45.5 Å². The highest BCUT2D eigenvalue weighted by Gasteiger charge is 2.13. The first-order valence-corrected chi connectivity index (χ1v) is 7.38. The van der Waals surface area contributed by atoms with Gasteiger partial charge in [-0.3, -0.25) is 10.1 Å². The van der Waals surface area contributed by atoms with Crippen LogP contribution >= 0.6 is 31.9 Å². The van der Waals surface area contributed by atoms with E-state index in [4.69, 9.17) is 0 Å². The number of hydrogen-bond donors (Lipinski definition) is 1. The van der Waals surface area contributed by atoms with Crippen molar-refractivity contribution in [1.29, 1.82) is 0 Å². The number of pyridine rings is 1. The number of rotatable bonds is 4. The van der Waals surface area contributed by atoms with Gasteiger partial charge in [-0.2, -0.15) is 0 Å². The first kappa shape index (κ1) is 14.9. The second kappa shape index (κ2) is 6.32. The Labute approximate surface area is 132 Å². The van der Waals surface area contributed by atoms with Crippen molar-refractivity contribution in [2.75, 3.05) is 5.32 Å². The molecule has 0 spiro atoms. The highest BCUT2D eigenvalue weighted by Crippen LogP contribution is 2.28. The molecule has 0 bridgehead atoms. The van der Waals surface area contributed by atoms with E-state index in [-0.39, 0.29) is 11.7 Å². The normalized spacial score (nSPS) is 11.9. The molecule has 0 aliphatic heterocycles. The van der Waals surface area contributed by atoms with Gasteiger partial charge in [0.25, 0.3) is 5.69 Å². The molecule has 2 rings (SSSR count). The summed E-state index contributed by atoms with van der Waals surface area (Å²) in [6.07, 6.45) is 1.24. The largest absolute Gasteiger partial charge is 0.363 e. The van der Waals surface area contributed by atoms with Crippen molar-refractivity contribution >= 4 is 43.4 Å². The van der Waals surface area contributed by atoms with Crippen LogP contribution in [0.5, 0.6) is 0 Å². The zero-order chi connectivity index (χ0) is 14.7. The third kappa shape index (κ3) is 3.55. The molecule has 0 fully saturated rings. The molecule has 104 valence electrons. The SMILES string of the molecule is CC(Nc1ncc([N+](=O)[O-])cc1Br)c1ccc(Br)cc1. The third-order valence-electron chi connectivity index (χ3n) is 2.76. The number of halogens is 2. The first-order valence-electron chi connectivity index (χ1n) is 5.79. The lowest BCUT2D eigenvalue weighted by Gasteiger charge is -2.15. The van der Waals surface area contributed by atoms with E-state index in [1.54, 1.807) is 0 Å². The molecule has 7 heteroatoms. The Hall–Kier alpha value is -1.47. The van der Waals surface area contributed by atoms with E-state index in [1.807, 2.05) is 31.2 Å². The summed E-state index contributed by atoms with van der Waals surface area (Å²) in [7, 11) is 0. The second-order valence-corrected chi connectivity index (χ2v) is 5.97. The van der Waals surface area contributed by atoms with Gasteiger partial charge in [0.15, 0.2) is 0 Å². The van der Waals surface area contributed by atoms with Crippen molar-refractivity contribution in [2.24, 2.45) is 0 Å². The highest BCUT2D eigenvalue weighted by molar-refractivity contribution is 9.10. The van der Waals surface area contributed by atoms with E-state index in [9.17, 15) is 10.1 Å². The number of nitrogens with one attached hydrogen (secondary N) is 1. The zero-order valence-electron chi connectivity index (χ0n) is 10.5. The van der Waals surface area contributed by atoms with E-state index in [0.717, 1.165) is 10.0 Å². The van der Waals surface area contributed by atoms with Crippen molar-refractivity contribution in [3.63, 3.8) is 0 Å². The van der Waals surface area contributed by atoms with E-state index in [1.165, 1.54) is 12.3 Å². The lowest BCUT2D eigenvalue weighted by Crippen LogP contribution is -2.08. The minimum Gasteiger partial charge on any atom is -0.363 e. The summed E-state index contributed by atoms with van der Waals surface area (Å²) in [4.78, 5) is 14.3. The number of nitro groups is 1. The molecule has 5 nitrogen and oxygen atoms in total. The average molecular weight is 401 g/mol. The molecule has 1 aromatic heterocycles. The monoisotopic (exact) mass is 399 g/mol. The fraction of sp³-hybridized carbons (Fsp3) is 0.154. The predicted octanol–water partition coefficient (Wildman–Crippen LogP) is 4.69. The molecule has 0 radical (unpaired) electrons. The van der Waals surface area contributed by atoms with Gasteiger partial charge in [0, 0.05) is 16.6 Å². The minimum absolute atomic E-state index is 0.0355. The number of hydrogen-bond acceptors (Lipinski definition) is 4. The van der Waals surface area contributed by atoms with Gasteiger partial charge in [-0.15, -0.1) is 0 Å². The van der Waals surface area contributed by atoms with E-state index >= 15 is 0 Å². The molecular weight excluding hydrogens is 390 g/mol. The minimum atomic E-state index is -0.473. The van der Waals surface area contributed by atoms with Crippen molar-refractivity contribution in [3.05, 3.63) is 61.2 Å². The molecule has 20 heavy (non-hydrogen) atoms. The van der Waals surface area contributed by atoms with Crippen LogP contribution in [0.4, 0.5) is 11.5 Å². The molecule has 0 amide bonds. The summed E-state index contributed by atoms with van der Waals surface area (Å²) < 4.78 is 1.58. The Balaban J connectivity index is 2.17. The molecule has 0 saturated heterocycles. The molecule has 1 unspecified atom stereocenters. The standard InChI is InChI=1S/C13H11Br2N3O2/c1-8(9-2-4-10(14)5-3-9)17-13-12(15)6-11(7-16-13)18(19)20/h2-8H,1H3,(H,16,17). The number of nitrogens with zero attached hydrogens (tertiary/aromatic N) is 2. The van der Waals surface area contributed by atoms with Crippen LogP contribution < -0.4 is 5.32 Å². The third-order valence-corrected chi connectivity index (χ3v) is 3.89. The van der Waals surface area contributed by atoms with Gasteiger partial charge in [-0.05, 0) is 40.5 Å². The Morgan fingerprint density at radius 1 is 1.30 bits per heavy atom. The van der Waals surface area contributed by atoms with Crippen LogP contribution in [0.25, 0.3) is 0 Å². The number of aromatic nitrogens is 1. The van der Waals surface area contributed by atoms with E-state index in [0.29, 0.717) is 10.3 Å². The predicted molar refractivity (Wildman–Crippen MR) is 84.8 cm³/mol. The molecule has 1 N–H and O–H groups in total. The lowest BCUT2D eigenvalue weighted by atomic mass is 10.1. The Kier molecular flexibility index (Phi) is 4.72. The summed E-state index contributed by atoms with van der Waals surface area (Å²) in [5.41, 5.74) is 1.05. The molecule has 0 aliphatic rings. The fourth-order valence-corrected chi connectivity index (χ4v) is 2.39. The molecule has 2 aromatic rings. The van der Waals surface area contributed by atoms with Crippen molar-refractivity contribution in [1.82, 2.24) is 4.98 Å². The Morgan fingerprint density at radius 3 is 2.50 bits per heavy atom. The summed E-state index contributed by atoms with van der Waals surface area (Å²) >= 11 is 6.68. The topological polar surface area (TPSA) is 68.1 Å². The Bertz CT molecular complexity index is 632. The smallest absolute Gasteiger partial charge is 0.288 e.